The molecule has 0 spiro atoms. The van der Waals surface area contributed by atoms with Crippen LogP contribution in [0.2, 0.25) is 0 Å². The van der Waals surface area contributed by atoms with Crippen LogP contribution in [0, 0.1) is 10.1 Å². The maximum atomic E-state index is 12.9. The van der Waals surface area contributed by atoms with E-state index in [1.165, 1.54) is 11.6 Å². The molecule has 0 atom stereocenters. The minimum absolute atomic E-state index is 0.0282. The monoisotopic (exact) mass is 394 g/mol. The minimum atomic E-state index is -0.373. The van der Waals surface area contributed by atoms with Crippen LogP contribution in [0.25, 0.3) is 0 Å². The van der Waals surface area contributed by atoms with E-state index < -0.39 is 0 Å². The van der Waals surface area contributed by atoms with Crippen LogP contribution in [-0.4, -0.2) is 59.9 Å². The lowest BCUT2D eigenvalue weighted by molar-refractivity contribution is -0.384. The molecule has 29 heavy (non-hydrogen) atoms. The lowest BCUT2D eigenvalue weighted by Gasteiger charge is -2.34. The van der Waals surface area contributed by atoms with Crippen molar-refractivity contribution in [1.29, 1.82) is 0 Å². The average Bonchev–Trinajstić information content (AvgIpc) is 3.29. The Kier molecular flexibility index (Phi) is 5.76. The molecule has 0 saturated carbocycles. The van der Waals surface area contributed by atoms with Crippen molar-refractivity contribution >= 4 is 17.3 Å². The van der Waals surface area contributed by atoms with Crippen LogP contribution in [-0.2, 0) is 6.54 Å². The van der Waals surface area contributed by atoms with Gasteiger partial charge >= 0.3 is 0 Å². The summed E-state index contributed by atoms with van der Waals surface area (Å²) in [7, 11) is 0. The van der Waals surface area contributed by atoms with Gasteiger partial charge in [-0.2, -0.15) is 0 Å². The van der Waals surface area contributed by atoms with E-state index in [9.17, 15) is 14.9 Å². The van der Waals surface area contributed by atoms with Gasteiger partial charge in [0.25, 0.3) is 11.6 Å². The fraction of sp³-hybridized carbons (Fsp3) is 0.409. The number of piperazine rings is 1. The van der Waals surface area contributed by atoms with Crippen molar-refractivity contribution in [2.45, 2.75) is 19.4 Å². The molecule has 0 unspecified atom stereocenters. The van der Waals surface area contributed by atoms with Gasteiger partial charge in [0.1, 0.15) is 5.69 Å². The largest absolute Gasteiger partial charge is 0.366 e. The molecule has 2 aromatic carbocycles. The quantitative estimate of drug-likeness (QED) is 0.576. The highest BCUT2D eigenvalue weighted by Crippen LogP contribution is 2.32. The fourth-order valence-electron chi connectivity index (χ4n) is 4.16. The molecule has 2 aliphatic rings. The highest BCUT2D eigenvalue weighted by Gasteiger charge is 2.27. The number of hydrogen-bond acceptors (Lipinski definition) is 5. The third-order valence-electron chi connectivity index (χ3n) is 5.77. The smallest absolute Gasteiger partial charge is 0.293 e. The van der Waals surface area contributed by atoms with Crippen LogP contribution >= 0.6 is 0 Å². The molecule has 0 aromatic heterocycles. The first-order valence-corrected chi connectivity index (χ1v) is 10.2. The van der Waals surface area contributed by atoms with Crippen LogP contribution < -0.4 is 4.90 Å². The molecule has 0 aliphatic carbocycles. The van der Waals surface area contributed by atoms with E-state index in [-0.39, 0.29) is 16.5 Å². The second-order valence-electron chi connectivity index (χ2n) is 7.71. The van der Waals surface area contributed by atoms with E-state index in [0.717, 1.165) is 45.6 Å². The molecule has 0 N–H and O–H groups in total. The Labute approximate surface area is 170 Å². The second kappa shape index (κ2) is 8.61. The molecule has 7 nitrogen and oxygen atoms in total. The molecule has 152 valence electrons. The van der Waals surface area contributed by atoms with Gasteiger partial charge in [0.15, 0.2) is 0 Å². The number of nitro groups is 1. The number of carbonyl (C=O) groups is 1. The number of carbonyl (C=O) groups excluding carboxylic acids is 1. The van der Waals surface area contributed by atoms with Gasteiger partial charge in [-0.25, -0.2) is 0 Å². The van der Waals surface area contributed by atoms with Gasteiger partial charge in [-0.05, 0) is 30.5 Å². The van der Waals surface area contributed by atoms with Gasteiger partial charge in [0.2, 0.25) is 0 Å². The van der Waals surface area contributed by atoms with E-state index in [4.69, 9.17) is 0 Å². The van der Waals surface area contributed by atoms with E-state index in [0.29, 0.717) is 24.3 Å². The zero-order valence-electron chi connectivity index (χ0n) is 16.5. The summed E-state index contributed by atoms with van der Waals surface area (Å²) < 4.78 is 0. The summed E-state index contributed by atoms with van der Waals surface area (Å²) in [5.74, 6) is -0.125. The Bertz CT molecular complexity index is 873. The number of nitro benzene ring substituents is 1. The lowest BCUT2D eigenvalue weighted by atomic mass is 10.1. The molecular formula is C22H26N4O3. The van der Waals surface area contributed by atoms with E-state index in [2.05, 4.69) is 17.0 Å². The number of amides is 1. The molecule has 1 amide bonds. The Morgan fingerprint density at radius 1 is 0.931 bits per heavy atom. The maximum Gasteiger partial charge on any atom is 0.293 e. The number of benzene rings is 2. The van der Waals surface area contributed by atoms with Gasteiger partial charge in [0, 0.05) is 57.4 Å². The van der Waals surface area contributed by atoms with Gasteiger partial charge in [-0.1, -0.05) is 30.3 Å². The van der Waals surface area contributed by atoms with E-state index in [1.807, 2.05) is 23.1 Å². The number of hydrogen-bond donors (Lipinski definition) is 0. The van der Waals surface area contributed by atoms with Crippen molar-refractivity contribution in [2.24, 2.45) is 0 Å². The Morgan fingerprint density at radius 3 is 2.28 bits per heavy atom. The predicted octanol–water partition coefficient (Wildman–Crippen LogP) is 3.15. The summed E-state index contributed by atoms with van der Waals surface area (Å²) >= 11 is 0. The van der Waals surface area contributed by atoms with Crippen molar-refractivity contribution in [3.63, 3.8) is 0 Å². The Hall–Kier alpha value is -2.93. The molecule has 2 fully saturated rings. The third-order valence-corrected chi connectivity index (χ3v) is 5.77. The fourth-order valence-corrected chi connectivity index (χ4v) is 4.16. The summed E-state index contributed by atoms with van der Waals surface area (Å²) in [6, 6.07) is 15.2. The molecular weight excluding hydrogens is 368 g/mol. The van der Waals surface area contributed by atoms with Crippen molar-refractivity contribution in [2.75, 3.05) is 44.2 Å². The van der Waals surface area contributed by atoms with Gasteiger partial charge < -0.3 is 9.80 Å². The summed E-state index contributed by atoms with van der Waals surface area (Å²) in [5, 5.41) is 11.6. The SMILES string of the molecule is O=C(c1ccc(N2CCCC2)c([N+](=O)[O-])c1)N1CCN(Cc2ccccc2)CC1. The number of nitrogens with zero attached hydrogens (tertiary/aromatic N) is 4. The lowest BCUT2D eigenvalue weighted by Crippen LogP contribution is -2.48. The van der Waals surface area contributed by atoms with Crippen molar-refractivity contribution in [3.05, 3.63) is 69.8 Å². The highest BCUT2D eigenvalue weighted by atomic mass is 16.6. The Balaban J connectivity index is 1.42. The first-order valence-electron chi connectivity index (χ1n) is 10.2. The number of rotatable bonds is 5. The first kappa shape index (κ1) is 19.4. The molecule has 2 aliphatic heterocycles. The summed E-state index contributed by atoms with van der Waals surface area (Å²) in [4.78, 5) is 30.3. The molecule has 0 radical (unpaired) electrons. The van der Waals surface area contributed by atoms with E-state index in [1.54, 1.807) is 17.0 Å². The summed E-state index contributed by atoms with van der Waals surface area (Å²) in [5.41, 5.74) is 2.31. The standard InChI is InChI=1S/C22H26N4O3/c27-22(25-14-12-23(13-15-25)17-18-6-2-1-3-7-18)19-8-9-20(21(16-19)26(28)29)24-10-4-5-11-24/h1-3,6-9,16H,4-5,10-15,17H2. The predicted molar refractivity (Wildman–Crippen MR) is 112 cm³/mol. The van der Waals surface area contributed by atoms with Crippen molar-refractivity contribution in [1.82, 2.24) is 9.80 Å². The van der Waals surface area contributed by atoms with Crippen LogP contribution in [0.5, 0.6) is 0 Å². The zero-order chi connectivity index (χ0) is 20.2. The first-order chi connectivity index (χ1) is 14.1. The maximum absolute atomic E-state index is 12.9. The summed E-state index contributed by atoms with van der Waals surface area (Å²) in [6.45, 7) is 5.40. The second-order valence-corrected chi connectivity index (χ2v) is 7.71. The average molecular weight is 394 g/mol. The molecule has 2 aromatic rings. The van der Waals surface area contributed by atoms with Crippen LogP contribution in [0.1, 0.15) is 28.8 Å². The highest BCUT2D eigenvalue weighted by molar-refractivity contribution is 5.96. The minimum Gasteiger partial charge on any atom is -0.366 e. The molecule has 0 bridgehead atoms. The Morgan fingerprint density at radius 2 is 1.62 bits per heavy atom. The normalized spacial score (nSPS) is 17.5. The molecule has 2 saturated heterocycles. The van der Waals surface area contributed by atoms with Crippen LogP contribution in [0.15, 0.2) is 48.5 Å². The van der Waals surface area contributed by atoms with Crippen molar-refractivity contribution < 1.29 is 9.72 Å². The van der Waals surface area contributed by atoms with E-state index >= 15 is 0 Å². The molecule has 7 heteroatoms. The molecule has 2 heterocycles. The topological polar surface area (TPSA) is 69.9 Å². The summed E-state index contributed by atoms with van der Waals surface area (Å²) in [6.07, 6.45) is 2.09. The molecule has 4 rings (SSSR count). The third kappa shape index (κ3) is 4.40. The van der Waals surface area contributed by atoms with Crippen LogP contribution in [0.4, 0.5) is 11.4 Å². The van der Waals surface area contributed by atoms with Gasteiger partial charge in [-0.15, -0.1) is 0 Å². The zero-order valence-corrected chi connectivity index (χ0v) is 16.5. The van der Waals surface area contributed by atoms with Gasteiger partial charge in [-0.3, -0.25) is 19.8 Å². The van der Waals surface area contributed by atoms with Crippen molar-refractivity contribution in [3.8, 4) is 0 Å². The number of anilines is 1. The van der Waals surface area contributed by atoms with Gasteiger partial charge in [0.05, 0.1) is 4.92 Å². The van der Waals surface area contributed by atoms with Crippen LogP contribution in [0.3, 0.4) is 0 Å².